The highest BCUT2D eigenvalue weighted by molar-refractivity contribution is 6.35. The second-order valence-corrected chi connectivity index (χ2v) is 2.96. The molecule has 2 heteroatoms. The summed E-state index contributed by atoms with van der Waals surface area (Å²) in [6.45, 7) is 0. The Balaban J connectivity index is 3.01. The monoisotopic (exact) mass is 184 g/mol. The lowest BCUT2D eigenvalue weighted by Gasteiger charge is -1.98. The third-order valence-electron chi connectivity index (χ3n) is 1.31. The van der Waals surface area contributed by atoms with Crippen molar-refractivity contribution in [2.24, 2.45) is 0 Å². The van der Waals surface area contributed by atoms with E-state index < -0.39 is 0 Å². The molecule has 0 aliphatic rings. The van der Waals surface area contributed by atoms with Crippen LogP contribution in [0.2, 0.25) is 10.0 Å². The predicted molar refractivity (Wildman–Crippen MR) is 49.0 cm³/mol. The zero-order chi connectivity index (χ0) is 8.27. The highest BCUT2D eigenvalue weighted by Gasteiger charge is 1.97. The normalized spacial score (nSPS) is 9.18. The molecular weight excluding hydrogens is 179 g/mol. The van der Waals surface area contributed by atoms with Crippen LogP contribution in [-0.4, -0.2) is 0 Å². The quantitative estimate of drug-likeness (QED) is 0.589. The van der Waals surface area contributed by atoms with Gasteiger partial charge in [0.15, 0.2) is 0 Å². The zero-order valence-electron chi connectivity index (χ0n) is 5.77. The first kappa shape index (κ1) is 8.46. The number of halogens is 2. The molecule has 0 amide bonds. The molecule has 0 saturated heterocycles. The topological polar surface area (TPSA) is 0 Å². The van der Waals surface area contributed by atoms with Crippen LogP contribution in [0.3, 0.4) is 0 Å². The summed E-state index contributed by atoms with van der Waals surface area (Å²) in [4.78, 5) is 0. The summed E-state index contributed by atoms with van der Waals surface area (Å²) >= 11 is 11.5. The summed E-state index contributed by atoms with van der Waals surface area (Å²) in [5.41, 5.74) is 0.943. The number of terminal acetylenes is 1. The lowest BCUT2D eigenvalue weighted by atomic mass is 10.2. The average molecular weight is 185 g/mol. The molecule has 0 unspecified atom stereocenters. The summed E-state index contributed by atoms with van der Waals surface area (Å²) in [5.74, 6) is 2.52. The molecule has 0 aromatic heterocycles. The third kappa shape index (κ3) is 2.15. The van der Waals surface area contributed by atoms with Crippen molar-refractivity contribution < 1.29 is 0 Å². The molecule has 0 bridgehead atoms. The van der Waals surface area contributed by atoms with E-state index in [1.165, 1.54) is 0 Å². The Morgan fingerprint density at radius 1 is 1.36 bits per heavy atom. The van der Waals surface area contributed by atoms with E-state index in [4.69, 9.17) is 29.6 Å². The van der Waals surface area contributed by atoms with Gasteiger partial charge in [-0.25, -0.2) is 0 Å². The van der Waals surface area contributed by atoms with Crippen molar-refractivity contribution in [1.29, 1.82) is 0 Å². The van der Waals surface area contributed by atoms with Crippen LogP contribution in [0.15, 0.2) is 18.2 Å². The minimum atomic E-state index is 0.552. The van der Waals surface area contributed by atoms with Gasteiger partial charge in [0.05, 0.1) is 0 Å². The van der Waals surface area contributed by atoms with Crippen molar-refractivity contribution in [2.45, 2.75) is 6.42 Å². The second-order valence-electron chi connectivity index (χ2n) is 2.12. The molecule has 1 aromatic rings. The zero-order valence-corrected chi connectivity index (χ0v) is 7.28. The molecular formula is C9H6Cl2. The van der Waals surface area contributed by atoms with Crippen LogP contribution in [0, 0.1) is 12.3 Å². The highest BCUT2D eigenvalue weighted by Crippen LogP contribution is 2.20. The van der Waals surface area contributed by atoms with Crippen LogP contribution < -0.4 is 0 Å². The maximum absolute atomic E-state index is 5.83. The SMILES string of the molecule is C#CCc1ccc(Cl)cc1Cl. The Morgan fingerprint density at radius 2 is 2.09 bits per heavy atom. The molecule has 0 atom stereocenters. The Hall–Kier alpha value is -0.640. The van der Waals surface area contributed by atoms with Crippen molar-refractivity contribution >= 4 is 23.2 Å². The summed E-state index contributed by atoms with van der Waals surface area (Å²) in [6.07, 6.45) is 5.68. The van der Waals surface area contributed by atoms with Gasteiger partial charge in [-0.1, -0.05) is 29.3 Å². The van der Waals surface area contributed by atoms with Gasteiger partial charge in [-0.05, 0) is 17.7 Å². The van der Waals surface area contributed by atoms with Crippen molar-refractivity contribution in [3.05, 3.63) is 33.8 Å². The highest BCUT2D eigenvalue weighted by atomic mass is 35.5. The molecule has 0 spiro atoms. The fourth-order valence-electron chi connectivity index (χ4n) is 0.775. The standard InChI is InChI=1S/C9H6Cl2/c1-2-3-7-4-5-8(10)6-9(7)11/h1,4-6H,3H2. The minimum Gasteiger partial charge on any atom is -0.120 e. The predicted octanol–water partition coefficient (Wildman–Crippen LogP) is 3.17. The van der Waals surface area contributed by atoms with Crippen molar-refractivity contribution in [3.63, 3.8) is 0 Å². The number of rotatable bonds is 1. The van der Waals surface area contributed by atoms with Crippen LogP contribution in [0.4, 0.5) is 0 Å². The summed E-state index contributed by atoms with van der Waals surface area (Å²) < 4.78 is 0. The molecule has 56 valence electrons. The van der Waals surface area contributed by atoms with E-state index in [0.717, 1.165) is 5.56 Å². The van der Waals surface area contributed by atoms with Gasteiger partial charge in [0.1, 0.15) is 0 Å². The number of hydrogen-bond donors (Lipinski definition) is 0. The molecule has 0 aliphatic heterocycles. The van der Waals surface area contributed by atoms with E-state index in [1.807, 2.05) is 6.07 Å². The molecule has 0 fully saturated rings. The maximum atomic E-state index is 5.83. The smallest absolute Gasteiger partial charge is 0.0462 e. The van der Waals surface area contributed by atoms with E-state index in [2.05, 4.69) is 5.92 Å². The van der Waals surface area contributed by atoms with E-state index in [9.17, 15) is 0 Å². The van der Waals surface area contributed by atoms with Crippen LogP contribution in [0.5, 0.6) is 0 Å². The molecule has 1 aromatic carbocycles. The molecule has 1 rings (SSSR count). The van der Waals surface area contributed by atoms with Gasteiger partial charge >= 0.3 is 0 Å². The summed E-state index contributed by atoms with van der Waals surface area (Å²) in [6, 6.07) is 5.31. The van der Waals surface area contributed by atoms with Crippen molar-refractivity contribution in [2.75, 3.05) is 0 Å². The van der Waals surface area contributed by atoms with Gasteiger partial charge in [-0.3, -0.25) is 0 Å². The number of hydrogen-bond acceptors (Lipinski definition) is 0. The van der Waals surface area contributed by atoms with E-state index in [-0.39, 0.29) is 0 Å². The van der Waals surface area contributed by atoms with Gasteiger partial charge in [0.2, 0.25) is 0 Å². The van der Waals surface area contributed by atoms with Crippen LogP contribution in [-0.2, 0) is 6.42 Å². The maximum Gasteiger partial charge on any atom is 0.0462 e. The van der Waals surface area contributed by atoms with Gasteiger partial charge in [-0.15, -0.1) is 12.3 Å². The number of benzene rings is 1. The Bertz CT molecular complexity index is 297. The minimum absolute atomic E-state index is 0.552. The third-order valence-corrected chi connectivity index (χ3v) is 1.89. The summed E-state index contributed by atoms with van der Waals surface area (Å²) in [7, 11) is 0. The van der Waals surface area contributed by atoms with Gasteiger partial charge in [-0.2, -0.15) is 0 Å². The first-order chi connectivity index (χ1) is 5.24. The lowest BCUT2D eigenvalue weighted by Crippen LogP contribution is -1.81. The first-order valence-electron chi connectivity index (χ1n) is 3.11. The van der Waals surface area contributed by atoms with Crippen molar-refractivity contribution in [1.82, 2.24) is 0 Å². The Morgan fingerprint density at radius 3 is 2.64 bits per heavy atom. The Labute approximate surface area is 76.1 Å². The van der Waals surface area contributed by atoms with Gasteiger partial charge in [0.25, 0.3) is 0 Å². The molecule has 0 nitrogen and oxygen atoms in total. The van der Waals surface area contributed by atoms with Crippen molar-refractivity contribution in [3.8, 4) is 12.3 Å². The second kappa shape index (κ2) is 3.67. The molecule has 0 saturated carbocycles. The average Bonchev–Trinajstić information content (AvgIpc) is 1.95. The molecule has 0 radical (unpaired) electrons. The van der Waals surface area contributed by atoms with E-state index in [0.29, 0.717) is 16.5 Å². The Kier molecular flexibility index (Phi) is 2.82. The van der Waals surface area contributed by atoms with Gasteiger partial charge in [0, 0.05) is 16.5 Å². The van der Waals surface area contributed by atoms with Crippen LogP contribution in [0.1, 0.15) is 5.56 Å². The summed E-state index contributed by atoms with van der Waals surface area (Å²) in [5, 5.41) is 1.27. The lowest BCUT2D eigenvalue weighted by molar-refractivity contribution is 1.32. The molecule has 11 heavy (non-hydrogen) atoms. The van der Waals surface area contributed by atoms with Gasteiger partial charge < -0.3 is 0 Å². The molecule has 0 heterocycles. The fraction of sp³-hybridized carbons (Fsp3) is 0.111. The first-order valence-corrected chi connectivity index (χ1v) is 3.87. The van der Waals surface area contributed by atoms with E-state index >= 15 is 0 Å². The largest absolute Gasteiger partial charge is 0.120 e. The van der Waals surface area contributed by atoms with Crippen LogP contribution >= 0.6 is 23.2 Å². The fourth-order valence-corrected chi connectivity index (χ4v) is 1.25. The molecule has 0 aliphatic carbocycles. The van der Waals surface area contributed by atoms with E-state index in [1.54, 1.807) is 12.1 Å². The molecule has 0 N–H and O–H groups in total. The van der Waals surface area contributed by atoms with Crippen LogP contribution in [0.25, 0.3) is 0 Å².